The lowest BCUT2D eigenvalue weighted by Gasteiger charge is -2.37. The number of benzene rings is 1. The fraction of sp³-hybridized carbons (Fsp3) is 0.300. The first-order chi connectivity index (χ1) is 12.7. The van der Waals surface area contributed by atoms with E-state index in [9.17, 15) is 4.79 Å². The molecular weight excluding hydrogens is 362 g/mol. The highest BCUT2D eigenvalue weighted by Crippen LogP contribution is 2.28. The maximum Gasteiger partial charge on any atom is 0.274 e. The van der Waals surface area contributed by atoms with Crippen LogP contribution in [0.3, 0.4) is 0 Å². The minimum Gasteiger partial charge on any atom is -0.328 e. The van der Waals surface area contributed by atoms with E-state index < -0.39 is 0 Å². The number of quaternary nitrogens is 1. The molecule has 3 heterocycles. The summed E-state index contributed by atoms with van der Waals surface area (Å²) < 4.78 is 0. The summed E-state index contributed by atoms with van der Waals surface area (Å²) in [7, 11) is 0. The Morgan fingerprint density at radius 1 is 1.23 bits per heavy atom. The molecule has 1 aromatic carbocycles. The Labute approximate surface area is 161 Å². The number of thiazole rings is 1. The summed E-state index contributed by atoms with van der Waals surface area (Å²) in [5.41, 5.74) is 1.94. The first-order valence-electron chi connectivity index (χ1n) is 8.88. The fourth-order valence-electron chi connectivity index (χ4n) is 3.51. The highest BCUT2D eigenvalue weighted by Gasteiger charge is 2.31. The van der Waals surface area contributed by atoms with E-state index >= 15 is 0 Å². The number of carbonyl (C=O) groups excluding carboxylic acids is 1. The van der Waals surface area contributed by atoms with Gasteiger partial charge in [-0.15, -0.1) is 22.7 Å². The van der Waals surface area contributed by atoms with Crippen LogP contribution in [0.25, 0.3) is 9.88 Å². The Kier molecular flexibility index (Phi) is 5.15. The van der Waals surface area contributed by atoms with E-state index in [1.54, 1.807) is 22.7 Å². The largest absolute Gasteiger partial charge is 0.328 e. The molecular formula is C20H22N3OS2+. The van der Waals surface area contributed by atoms with E-state index in [1.165, 1.54) is 10.5 Å². The van der Waals surface area contributed by atoms with Crippen molar-refractivity contribution in [3.63, 3.8) is 0 Å². The van der Waals surface area contributed by atoms with Crippen LogP contribution in [0.2, 0.25) is 0 Å². The lowest BCUT2D eigenvalue weighted by Crippen LogP contribution is -3.14. The van der Waals surface area contributed by atoms with E-state index in [-0.39, 0.29) is 11.9 Å². The van der Waals surface area contributed by atoms with Gasteiger partial charge in [0.15, 0.2) is 0 Å². The van der Waals surface area contributed by atoms with E-state index in [0.29, 0.717) is 5.69 Å². The van der Waals surface area contributed by atoms with Crippen LogP contribution in [-0.4, -0.2) is 41.5 Å². The van der Waals surface area contributed by atoms with E-state index in [0.717, 1.165) is 36.1 Å². The number of aromatic nitrogens is 1. The minimum atomic E-state index is 0.0651. The predicted molar refractivity (Wildman–Crippen MR) is 107 cm³/mol. The second kappa shape index (κ2) is 7.70. The number of rotatable bonds is 4. The van der Waals surface area contributed by atoms with Crippen LogP contribution in [0, 0.1) is 0 Å². The van der Waals surface area contributed by atoms with Crippen molar-refractivity contribution in [1.29, 1.82) is 0 Å². The van der Waals surface area contributed by atoms with Crippen molar-refractivity contribution < 1.29 is 9.69 Å². The molecule has 1 saturated heterocycles. The van der Waals surface area contributed by atoms with E-state index in [4.69, 9.17) is 0 Å². The number of hydrogen-bond acceptors (Lipinski definition) is 4. The molecule has 0 bridgehead atoms. The van der Waals surface area contributed by atoms with Gasteiger partial charge in [0, 0.05) is 10.9 Å². The van der Waals surface area contributed by atoms with Crippen molar-refractivity contribution in [1.82, 2.24) is 9.88 Å². The number of nitrogens with one attached hydrogen (secondary N) is 1. The summed E-state index contributed by atoms with van der Waals surface area (Å²) in [6, 6.07) is 14.9. The second-order valence-corrected chi connectivity index (χ2v) is 8.54. The monoisotopic (exact) mass is 384 g/mol. The summed E-state index contributed by atoms with van der Waals surface area (Å²) >= 11 is 3.21. The van der Waals surface area contributed by atoms with Crippen LogP contribution < -0.4 is 4.90 Å². The molecule has 1 amide bonds. The molecule has 0 spiro atoms. The zero-order valence-corrected chi connectivity index (χ0v) is 16.4. The van der Waals surface area contributed by atoms with Gasteiger partial charge in [0.25, 0.3) is 5.91 Å². The van der Waals surface area contributed by atoms with Gasteiger partial charge in [0.2, 0.25) is 0 Å². The molecule has 1 aliphatic heterocycles. The molecule has 3 aromatic rings. The third-order valence-corrected chi connectivity index (χ3v) is 6.72. The van der Waals surface area contributed by atoms with Gasteiger partial charge in [0.1, 0.15) is 17.2 Å². The molecule has 2 atom stereocenters. The van der Waals surface area contributed by atoms with Crippen molar-refractivity contribution in [3.8, 4) is 9.88 Å². The van der Waals surface area contributed by atoms with Gasteiger partial charge in [-0.3, -0.25) is 4.79 Å². The molecule has 4 nitrogen and oxygen atoms in total. The maximum atomic E-state index is 12.9. The standard InChI is InChI=1S/C20H21N3OS2/c1-15-12-22(13-16-6-3-2-4-7-16)9-10-23(15)20(24)17-14-26-19(21-17)18-8-5-11-25-18/h2-8,11,14-15H,9-10,12-13H2,1H3/p+1/t15-/m0/s1. The Balaban J connectivity index is 1.40. The number of hydrogen-bond donors (Lipinski definition) is 1. The average Bonchev–Trinajstić information content (AvgIpc) is 3.34. The molecule has 134 valence electrons. The maximum absolute atomic E-state index is 12.9. The molecule has 0 radical (unpaired) electrons. The van der Waals surface area contributed by atoms with Gasteiger partial charge in [-0.05, 0) is 18.4 Å². The summed E-state index contributed by atoms with van der Waals surface area (Å²) in [4.78, 5) is 22.1. The van der Waals surface area contributed by atoms with Crippen LogP contribution >= 0.6 is 22.7 Å². The lowest BCUT2D eigenvalue weighted by molar-refractivity contribution is -0.920. The number of nitrogens with zero attached hydrogens (tertiary/aromatic N) is 2. The number of piperazine rings is 1. The van der Waals surface area contributed by atoms with Crippen LogP contribution in [0.4, 0.5) is 0 Å². The Hall–Kier alpha value is -2.02. The third-order valence-electron chi connectivity index (χ3n) is 4.84. The minimum absolute atomic E-state index is 0.0651. The van der Waals surface area contributed by atoms with Gasteiger partial charge in [-0.1, -0.05) is 36.4 Å². The van der Waals surface area contributed by atoms with Crippen molar-refractivity contribution in [2.75, 3.05) is 19.6 Å². The first-order valence-corrected chi connectivity index (χ1v) is 10.6. The molecule has 2 aromatic heterocycles. The van der Waals surface area contributed by atoms with Crippen LogP contribution in [0.15, 0.2) is 53.2 Å². The van der Waals surface area contributed by atoms with Crippen LogP contribution in [-0.2, 0) is 6.54 Å². The van der Waals surface area contributed by atoms with Crippen molar-refractivity contribution in [2.45, 2.75) is 19.5 Å². The summed E-state index contributed by atoms with van der Waals surface area (Å²) in [6.45, 7) is 5.91. The summed E-state index contributed by atoms with van der Waals surface area (Å²) in [6.07, 6.45) is 0. The molecule has 1 fully saturated rings. The van der Waals surface area contributed by atoms with Crippen LogP contribution in [0.1, 0.15) is 23.0 Å². The third kappa shape index (κ3) is 3.72. The Morgan fingerprint density at radius 3 is 2.81 bits per heavy atom. The van der Waals surface area contributed by atoms with Gasteiger partial charge >= 0.3 is 0 Å². The zero-order valence-electron chi connectivity index (χ0n) is 14.7. The molecule has 6 heteroatoms. The smallest absolute Gasteiger partial charge is 0.274 e. The number of carbonyl (C=O) groups is 1. The van der Waals surface area contributed by atoms with Crippen molar-refractivity contribution in [2.24, 2.45) is 0 Å². The highest BCUT2D eigenvalue weighted by atomic mass is 32.1. The van der Waals surface area contributed by atoms with Crippen LogP contribution in [0.5, 0.6) is 0 Å². The van der Waals surface area contributed by atoms with Gasteiger partial charge in [0.05, 0.1) is 30.6 Å². The average molecular weight is 385 g/mol. The number of thiophene rings is 1. The van der Waals surface area contributed by atoms with Gasteiger partial charge in [-0.25, -0.2) is 4.98 Å². The highest BCUT2D eigenvalue weighted by molar-refractivity contribution is 7.20. The van der Waals surface area contributed by atoms with E-state index in [2.05, 4.69) is 42.2 Å². The Bertz CT molecular complexity index is 860. The molecule has 0 aliphatic carbocycles. The SMILES string of the molecule is C[C@H]1C[NH+](Cc2ccccc2)CCN1C(=O)c1csc(-c2cccs2)n1. The van der Waals surface area contributed by atoms with Gasteiger partial charge < -0.3 is 9.80 Å². The Morgan fingerprint density at radius 2 is 2.08 bits per heavy atom. The van der Waals surface area contributed by atoms with Gasteiger partial charge in [-0.2, -0.15) is 0 Å². The summed E-state index contributed by atoms with van der Waals surface area (Å²) in [5.74, 6) is 0.0651. The molecule has 26 heavy (non-hydrogen) atoms. The molecule has 0 saturated carbocycles. The first kappa shape index (κ1) is 17.4. The molecule has 1 unspecified atom stereocenters. The topological polar surface area (TPSA) is 37.6 Å². The second-order valence-electron chi connectivity index (χ2n) is 6.73. The molecule has 1 aliphatic rings. The predicted octanol–water partition coefficient (Wildman–Crippen LogP) is 2.80. The molecule has 4 rings (SSSR count). The quantitative estimate of drug-likeness (QED) is 0.751. The number of amides is 1. The normalized spacial score (nSPS) is 20.3. The fourth-order valence-corrected chi connectivity index (χ4v) is 5.12. The summed E-state index contributed by atoms with van der Waals surface area (Å²) in [5, 5.41) is 4.87. The van der Waals surface area contributed by atoms with E-state index in [1.807, 2.05) is 27.8 Å². The molecule has 1 N–H and O–H groups in total. The van der Waals surface area contributed by atoms with Crippen molar-refractivity contribution >= 4 is 28.6 Å². The zero-order chi connectivity index (χ0) is 17.9. The van der Waals surface area contributed by atoms with Crippen molar-refractivity contribution in [3.05, 3.63) is 64.5 Å². The lowest BCUT2D eigenvalue weighted by atomic mass is 10.1.